The SMILES string of the molecule is CCC(C)(C)n1nnnc1C(C(C)C)N(Cc1cc2ccc(OC)cc2[nH]c1=O)CC1CCCO1. The third-order valence-corrected chi connectivity index (χ3v) is 7.19. The lowest BCUT2D eigenvalue weighted by molar-refractivity contribution is 0.0368. The topological polar surface area (TPSA) is 98.2 Å². The molecule has 9 heteroatoms. The first-order chi connectivity index (χ1) is 16.7. The molecule has 0 saturated carbocycles. The second-order valence-electron chi connectivity index (χ2n) is 10.4. The van der Waals surface area contributed by atoms with Gasteiger partial charge in [0.15, 0.2) is 5.82 Å². The van der Waals surface area contributed by atoms with E-state index in [4.69, 9.17) is 9.47 Å². The maximum absolute atomic E-state index is 13.2. The van der Waals surface area contributed by atoms with Crippen LogP contribution in [0.1, 0.15) is 71.3 Å². The van der Waals surface area contributed by atoms with Crippen LogP contribution >= 0.6 is 0 Å². The molecule has 2 atom stereocenters. The number of tetrazole rings is 1. The van der Waals surface area contributed by atoms with Crippen molar-refractivity contribution in [1.82, 2.24) is 30.1 Å². The fourth-order valence-electron chi connectivity index (χ4n) is 4.86. The van der Waals surface area contributed by atoms with Crippen LogP contribution in [0.5, 0.6) is 5.75 Å². The third kappa shape index (κ3) is 5.41. The minimum atomic E-state index is -0.221. The number of nitrogens with zero attached hydrogens (tertiary/aromatic N) is 5. The van der Waals surface area contributed by atoms with E-state index in [-0.39, 0.29) is 29.2 Å². The number of methoxy groups -OCH3 is 1. The van der Waals surface area contributed by atoms with E-state index < -0.39 is 0 Å². The monoisotopic (exact) mass is 482 g/mol. The van der Waals surface area contributed by atoms with Crippen LogP contribution in [-0.4, -0.2) is 56.5 Å². The van der Waals surface area contributed by atoms with E-state index in [1.807, 2.05) is 28.9 Å². The summed E-state index contributed by atoms with van der Waals surface area (Å²) in [6, 6.07) is 7.63. The number of aromatic amines is 1. The van der Waals surface area contributed by atoms with Gasteiger partial charge in [0, 0.05) is 31.3 Å². The number of aromatic nitrogens is 5. The average molecular weight is 483 g/mol. The molecule has 35 heavy (non-hydrogen) atoms. The highest BCUT2D eigenvalue weighted by Gasteiger charge is 2.35. The molecule has 0 spiro atoms. The average Bonchev–Trinajstić information content (AvgIpc) is 3.52. The van der Waals surface area contributed by atoms with Crippen LogP contribution in [0.2, 0.25) is 0 Å². The van der Waals surface area contributed by atoms with Gasteiger partial charge in [-0.15, -0.1) is 5.10 Å². The molecule has 3 heterocycles. The quantitative estimate of drug-likeness (QED) is 0.465. The van der Waals surface area contributed by atoms with E-state index in [0.717, 1.165) is 42.6 Å². The standard InChI is InChI=1S/C26H38N6O3/c1-7-26(4,5)32-24(28-29-30-32)23(17(2)3)31(16-21-9-8-12-35-21)15-19-13-18-10-11-20(34-6)14-22(18)27-25(19)33/h10-11,13-14,17,21,23H,7-9,12,15-16H2,1-6H3,(H,27,33). The fourth-order valence-corrected chi connectivity index (χ4v) is 4.86. The number of hydrogen-bond acceptors (Lipinski definition) is 7. The molecule has 0 aliphatic carbocycles. The predicted octanol–water partition coefficient (Wildman–Crippen LogP) is 4.05. The molecule has 0 bridgehead atoms. The largest absolute Gasteiger partial charge is 0.497 e. The summed E-state index contributed by atoms with van der Waals surface area (Å²) in [5.41, 5.74) is 1.15. The van der Waals surface area contributed by atoms with E-state index in [2.05, 4.69) is 60.0 Å². The van der Waals surface area contributed by atoms with Crippen molar-refractivity contribution in [3.63, 3.8) is 0 Å². The van der Waals surface area contributed by atoms with Crippen molar-refractivity contribution in [2.24, 2.45) is 5.92 Å². The number of benzene rings is 1. The molecule has 0 radical (unpaired) electrons. The highest BCUT2D eigenvalue weighted by atomic mass is 16.5. The van der Waals surface area contributed by atoms with Gasteiger partial charge in [0.2, 0.25) is 0 Å². The second-order valence-corrected chi connectivity index (χ2v) is 10.4. The van der Waals surface area contributed by atoms with Gasteiger partial charge >= 0.3 is 0 Å². The zero-order valence-corrected chi connectivity index (χ0v) is 21.7. The summed E-state index contributed by atoms with van der Waals surface area (Å²) in [5.74, 6) is 1.76. The van der Waals surface area contributed by atoms with Crippen molar-refractivity contribution in [3.05, 3.63) is 46.0 Å². The van der Waals surface area contributed by atoms with E-state index in [9.17, 15) is 4.79 Å². The Hall–Kier alpha value is -2.78. The van der Waals surface area contributed by atoms with Gasteiger partial charge < -0.3 is 14.5 Å². The number of fused-ring (bicyclic) bond motifs is 1. The zero-order valence-electron chi connectivity index (χ0n) is 21.7. The van der Waals surface area contributed by atoms with Crippen LogP contribution in [0.3, 0.4) is 0 Å². The molecule has 2 aromatic heterocycles. The van der Waals surface area contributed by atoms with Gasteiger partial charge in [-0.05, 0) is 73.0 Å². The second kappa shape index (κ2) is 10.5. The summed E-state index contributed by atoms with van der Waals surface area (Å²) in [6.07, 6.45) is 3.10. The summed E-state index contributed by atoms with van der Waals surface area (Å²) in [5, 5.41) is 13.9. The lowest BCUT2D eigenvalue weighted by Crippen LogP contribution is -2.41. The molecule has 9 nitrogen and oxygen atoms in total. The molecule has 2 unspecified atom stereocenters. The molecule has 190 valence electrons. The van der Waals surface area contributed by atoms with Gasteiger partial charge in [-0.3, -0.25) is 9.69 Å². The lowest BCUT2D eigenvalue weighted by Gasteiger charge is -2.36. The Labute approximate surface area is 206 Å². The van der Waals surface area contributed by atoms with Crippen LogP contribution in [0.25, 0.3) is 10.9 Å². The highest BCUT2D eigenvalue weighted by Crippen LogP contribution is 2.33. The normalized spacial score (nSPS) is 17.5. The molecule has 4 rings (SSSR count). The Kier molecular flexibility index (Phi) is 7.56. The molecule has 1 aliphatic heterocycles. The number of H-pyrrole nitrogens is 1. The Morgan fingerprint density at radius 2 is 2.11 bits per heavy atom. The Morgan fingerprint density at radius 3 is 2.77 bits per heavy atom. The molecular weight excluding hydrogens is 444 g/mol. The molecule has 1 aromatic carbocycles. The number of hydrogen-bond donors (Lipinski definition) is 1. The zero-order chi connectivity index (χ0) is 25.2. The molecule has 1 fully saturated rings. The van der Waals surface area contributed by atoms with E-state index >= 15 is 0 Å². The number of pyridine rings is 1. The molecule has 1 saturated heterocycles. The van der Waals surface area contributed by atoms with E-state index in [1.54, 1.807) is 7.11 Å². The summed E-state index contributed by atoms with van der Waals surface area (Å²) in [6.45, 7) is 12.8. The fraction of sp³-hybridized carbons (Fsp3) is 0.615. The van der Waals surface area contributed by atoms with Crippen molar-refractivity contribution in [1.29, 1.82) is 0 Å². The molecule has 1 N–H and O–H groups in total. The third-order valence-electron chi connectivity index (χ3n) is 7.19. The van der Waals surface area contributed by atoms with Crippen molar-refractivity contribution in [3.8, 4) is 5.75 Å². The van der Waals surface area contributed by atoms with E-state index in [0.29, 0.717) is 24.4 Å². The number of rotatable bonds is 10. The van der Waals surface area contributed by atoms with Gasteiger partial charge in [-0.2, -0.15) is 0 Å². The van der Waals surface area contributed by atoms with Gasteiger partial charge in [-0.25, -0.2) is 4.68 Å². The molecule has 1 aliphatic rings. The molecule has 3 aromatic rings. The minimum absolute atomic E-state index is 0.0778. The first-order valence-corrected chi connectivity index (χ1v) is 12.6. The van der Waals surface area contributed by atoms with Gasteiger partial charge in [0.05, 0.1) is 30.3 Å². The maximum atomic E-state index is 13.2. The van der Waals surface area contributed by atoms with Crippen LogP contribution < -0.4 is 10.3 Å². The van der Waals surface area contributed by atoms with Crippen LogP contribution in [-0.2, 0) is 16.8 Å². The summed E-state index contributed by atoms with van der Waals surface area (Å²) in [4.78, 5) is 18.5. The van der Waals surface area contributed by atoms with Gasteiger partial charge in [0.1, 0.15) is 5.75 Å². The number of nitrogens with one attached hydrogen (secondary N) is 1. The highest BCUT2D eigenvalue weighted by molar-refractivity contribution is 5.80. The van der Waals surface area contributed by atoms with Crippen molar-refractivity contribution in [2.75, 3.05) is 20.3 Å². The van der Waals surface area contributed by atoms with Crippen molar-refractivity contribution in [2.45, 2.75) is 78.1 Å². The van der Waals surface area contributed by atoms with Crippen LogP contribution in [0.15, 0.2) is 29.1 Å². The van der Waals surface area contributed by atoms with Crippen LogP contribution in [0.4, 0.5) is 0 Å². The summed E-state index contributed by atoms with van der Waals surface area (Å²) in [7, 11) is 1.62. The Bertz CT molecular complexity index is 1200. The Morgan fingerprint density at radius 1 is 1.31 bits per heavy atom. The van der Waals surface area contributed by atoms with E-state index in [1.165, 1.54) is 0 Å². The van der Waals surface area contributed by atoms with Gasteiger partial charge in [0.25, 0.3) is 5.56 Å². The first-order valence-electron chi connectivity index (χ1n) is 12.6. The number of ether oxygens (including phenoxy) is 2. The minimum Gasteiger partial charge on any atom is -0.497 e. The van der Waals surface area contributed by atoms with Gasteiger partial charge in [-0.1, -0.05) is 20.8 Å². The molecular formula is C26H38N6O3. The van der Waals surface area contributed by atoms with Crippen molar-refractivity contribution >= 4 is 10.9 Å². The summed E-state index contributed by atoms with van der Waals surface area (Å²) >= 11 is 0. The maximum Gasteiger partial charge on any atom is 0.252 e. The summed E-state index contributed by atoms with van der Waals surface area (Å²) < 4.78 is 13.3. The van der Waals surface area contributed by atoms with Crippen LogP contribution in [0, 0.1) is 5.92 Å². The predicted molar refractivity (Wildman–Crippen MR) is 136 cm³/mol. The first kappa shape index (κ1) is 25.3. The Balaban J connectivity index is 1.75. The lowest BCUT2D eigenvalue weighted by atomic mass is 9.97. The smallest absolute Gasteiger partial charge is 0.252 e. The van der Waals surface area contributed by atoms with Crippen molar-refractivity contribution < 1.29 is 9.47 Å². The molecule has 0 amide bonds.